The Morgan fingerprint density at radius 3 is 2.48 bits per heavy atom. The van der Waals surface area contributed by atoms with Crippen LogP contribution in [0.15, 0.2) is 51.7 Å². The van der Waals surface area contributed by atoms with Crippen molar-refractivity contribution in [2.24, 2.45) is 0 Å². The summed E-state index contributed by atoms with van der Waals surface area (Å²) in [5.74, 6) is 0.720. The van der Waals surface area contributed by atoms with Crippen molar-refractivity contribution in [1.82, 2.24) is 9.80 Å². The normalized spacial score (nSPS) is 15.2. The number of piperazine rings is 1. The molecular formula is C26H31ClN2O4. The molecule has 0 atom stereocenters. The van der Waals surface area contributed by atoms with Crippen molar-refractivity contribution in [1.29, 1.82) is 0 Å². The Morgan fingerprint density at radius 1 is 1.03 bits per heavy atom. The van der Waals surface area contributed by atoms with Gasteiger partial charge in [0.2, 0.25) is 0 Å². The summed E-state index contributed by atoms with van der Waals surface area (Å²) in [5, 5.41) is 1.69. The van der Waals surface area contributed by atoms with Crippen LogP contribution >= 0.6 is 11.6 Å². The van der Waals surface area contributed by atoms with Crippen LogP contribution in [-0.2, 0) is 17.9 Å². The zero-order chi connectivity index (χ0) is 23.2. The highest BCUT2D eigenvalue weighted by Crippen LogP contribution is 2.24. The average molecular weight is 471 g/mol. The van der Waals surface area contributed by atoms with Crippen molar-refractivity contribution >= 4 is 22.6 Å². The van der Waals surface area contributed by atoms with Gasteiger partial charge in [-0.1, -0.05) is 23.7 Å². The van der Waals surface area contributed by atoms with E-state index in [1.165, 1.54) is 5.56 Å². The lowest BCUT2D eigenvalue weighted by Crippen LogP contribution is -2.46. The summed E-state index contributed by atoms with van der Waals surface area (Å²) >= 11 is 5.98. The van der Waals surface area contributed by atoms with Gasteiger partial charge in [0.1, 0.15) is 11.3 Å². The average Bonchev–Trinajstić information content (AvgIpc) is 2.82. The molecule has 0 spiro atoms. The lowest BCUT2D eigenvalue weighted by atomic mass is 10.1. The molecule has 1 aliphatic rings. The van der Waals surface area contributed by atoms with Gasteiger partial charge in [0.05, 0.1) is 18.8 Å². The highest BCUT2D eigenvalue weighted by molar-refractivity contribution is 6.30. The molecule has 1 fully saturated rings. The molecule has 6 nitrogen and oxygen atoms in total. The zero-order valence-electron chi connectivity index (χ0n) is 19.3. The maximum absolute atomic E-state index is 12.2. The molecule has 0 amide bonds. The van der Waals surface area contributed by atoms with Crippen molar-refractivity contribution < 1.29 is 13.9 Å². The standard InChI is InChI=1S/C26H31ClN2O4/c1-19-23-9-8-22(16-25(23)33-26(30)24(19)18-31-2)32-15-3-10-28-11-13-29(14-12-28)17-20-4-6-21(27)7-5-20/h4-9,16H,3,10-15,17-18H2,1-2H3. The van der Waals surface area contributed by atoms with Crippen LogP contribution in [0.2, 0.25) is 5.02 Å². The summed E-state index contributed by atoms with van der Waals surface area (Å²) in [6.45, 7) is 9.04. The number of benzene rings is 2. The van der Waals surface area contributed by atoms with E-state index >= 15 is 0 Å². The van der Waals surface area contributed by atoms with Gasteiger partial charge in [-0.25, -0.2) is 4.79 Å². The number of hydrogen-bond acceptors (Lipinski definition) is 6. The van der Waals surface area contributed by atoms with Crippen molar-refractivity contribution in [2.45, 2.75) is 26.5 Å². The molecule has 0 saturated carbocycles. The maximum Gasteiger partial charge on any atom is 0.342 e. The van der Waals surface area contributed by atoms with Gasteiger partial charge in [-0.3, -0.25) is 4.90 Å². The van der Waals surface area contributed by atoms with Crippen LogP contribution in [0, 0.1) is 6.92 Å². The molecule has 7 heteroatoms. The Bertz CT molecular complexity index is 1120. The Morgan fingerprint density at radius 2 is 1.76 bits per heavy atom. The van der Waals surface area contributed by atoms with Gasteiger partial charge in [-0.15, -0.1) is 0 Å². The fraction of sp³-hybridized carbons (Fsp3) is 0.423. The summed E-state index contributed by atoms with van der Waals surface area (Å²) in [4.78, 5) is 17.2. The minimum Gasteiger partial charge on any atom is -0.493 e. The molecule has 3 aromatic rings. The van der Waals surface area contributed by atoms with E-state index in [1.807, 2.05) is 31.2 Å². The van der Waals surface area contributed by atoms with Crippen LogP contribution in [0.5, 0.6) is 5.75 Å². The number of fused-ring (bicyclic) bond motifs is 1. The van der Waals surface area contributed by atoms with E-state index < -0.39 is 0 Å². The van der Waals surface area contributed by atoms with Crippen LogP contribution in [-0.4, -0.2) is 56.2 Å². The Kier molecular flexibility index (Phi) is 8.04. The van der Waals surface area contributed by atoms with Gasteiger partial charge in [0, 0.05) is 62.9 Å². The first-order valence-corrected chi connectivity index (χ1v) is 11.8. The fourth-order valence-corrected chi connectivity index (χ4v) is 4.40. The van der Waals surface area contributed by atoms with E-state index in [-0.39, 0.29) is 12.2 Å². The first kappa shape index (κ1) is 23.8. The summed E-state index contributed by atoms with van der Waals surface area (Å²) in [6, 6.07) is 13.8. The first-order valence-electron chi connectivity index (χ1n) is 11.4. The molecule has 2 aromatic carbocycles. The smallest absolute Gasteiger partial charge is 0.342 e. The second-order valence-electron chi connectivity index (χ2n) is 8.53. The van der Waals surface area contributed by atoms with E-state index in [4.69, 9.17) is 25.5 Å². The number of halogens is 1. The van der Waals surface area contributed by atoms with E-state index in [2.05, 4.69) is 21.9 Å². The Labute approximate surface area is 199 Å². The Balaban J connectivity index is 1.22. The predicted molar refractivity (Wildman–Crippen MR) is 131 cm³/mol. The molecule has 33 heavy (non-hydrogen) atoms. The molecule has 0 N–H and O–H groups in total. The second-order valence-corrected chi connectivity index (χ2v) is 8.97. The van der Waals surface area contributed by atoms with Gasteiger partial charge >= 0.3 is 5.63 Å². The molecule has 1 aromatic heterocycles. The lowest BCUT2D eigenvalue weighted by Gasteiger charge is -2.34. The van der Waals surface area contributed by atoms with E-state index in [0.29, 0.717) is 17.8 Å². The number of nitrogens with zero attached hydrogens (tertiary/aromatic N) is 2. The van der Waals surface area contributed by atoms with E-state index in [0.717, 1.165) is 67.4 Å². The summed E-state index contributed by atoms with van der Waals surface area (Å²) in [7, 11) is 1.57. The third-order valence-corrected chi connectivity index (χ3v) is 6.47. The van der Waals surface area contributed by atoms with Gasteiger partial charge in [0.15, 0.2) is 0 Å². The number of rotatable bonds is 9. The molecule has 176 valence electrons. The summed E-state index contributed by atoms with van der Waals surface area (Å²) in [6.07, 6.45) is 0.949. The first-order chi connectivity index (χ1) is 16.0. The molecule has 0 unspecified atom stereocenters. The zero-order valence-corrected chi connectivity index (χ0v) is 20.1. The van der Waals surface area contributed by atoms with Gasteiger partial charge in [0.25, 0.3) is 0 Å². The minimum atomic E-state index is -0.353. The molecule has 2 heterocycles. The monoisotopic (exact) mass is 470 g/mol. The molecule has 4 rings (SSSR count). The quantitative estimate of drug-likeness (QED) is 0.339. The molecule has 0 aliphatic carbocycles. The fourth-order valence-electron chi connectivity index (χ4n) is 4.27. The highest BCUT2D eigenvalue weighted by Gasteiger charge is 2.17. The van der Waals surface area contributed by atoms with Crippen LogP contribution in [0.25, 0.3) is 11.0 Å². The van der Waals surface area contributed by atoms with Gasteiger partial charge < -0.3 is 18.8 Å². The number of aryl methyl sites for hydroxylation is 1. The number of hydrogen-bond donors (Lipinski definition) is 0. The van der Waals surface area contributed by atoms with Crippen molar-refractivity contribution in [3.8, 4) is 5.75 Å². The van der Waals surface area contributed by atoms with Crippen LogP contribution in [0.3, 0.4) is 0 Å². The number of methoxy groups -OCH3 is 1. The van der Waals surface area contributed by atoms with E-state index in [1.54, 1.807) is 13.2 Å². The predicted octanol–water partition coefficient (Wildman–Crippen LogP) is 4.49. The highest BCUT2D eigenvalue weighted by atomic mass is 35.5. The third kappa shape index (κ3) is 6.15. The van der Waals surface area contributed by atoms with Crippen molar-refractivity contribution in [3.05, 3.63) is 74.6 Å². The minimum absolute atomic E-state index is 0.248. The van der Waals surface area contributed by atoms with Crippen LogP contribution in [0.4, 0.5) is 0 Å². The van der Waals surface area contributed by atoms with Crippen molar-refractivity contribution in [3.63, 3.8) is 0 Å². The lowest BCUT2D eigenvalue weighted by molar-refractivity contribution is 0.121. The van der Waals surface area contributed by atoms with E-state index in [9.17, 15) is 4.79 Å². The topological polar surface area (TPSA) is 55.2 Å². The third-order valence-electron chi connectivity index (χ3n) is 6.22. The largest absolute Gasteiger partial charge is 0.493 e. The SMILES string of the molecule is COCc1c(C)c2ccc(OCCCN3CCN(Cc4ccc(Cl)cc4)CC3)cc2oc1=O. The summed E-state index contributed by atoms with van der Waals surface area (Å²) < 4.78 is 16.5. The molecule has 1 saturated heterocycles. The second kappa shape index (κ2) is 11.2. The van der Waals surface area contributed by atoms with Gasteiger partial charge in [-0.2, -0.15) is 0 Å². The maximum atomic E-state index is 12.2. The van der Waals surface area contributed by atoms with Gasteiger partial charge in [-0.05, 0) is 48.7 Å². The van der Waals surface area contributed by atoms with Crippen LogP contribution < -0.4 is 10.4 Å². The molecule has 0 bridgehead atoms. The molecular weight excluding hydrogens is 440 g/mol. The molecule has 0 radical (unpaired) electrons. The molecule has 1 aliphatic heterocycles. The Hall–Kier alpha value is -2.38. The van der Waals surface area contributed by atoms with Crippen LogP contribution in [0.1, 0.15) is 23.1 Å². The van der Waals surface area contributed by atoms with Crippen molar-refractivity contribution in [2.75, 3.05) is 46.4 Å². The number of ether oxygens (including phenoxy) is 2. The summed E-state index contributed by atoms with van der Waals surface area (Å²) in [5.41, 5.74) is 2.95.